The lowest BCUT2D eigenvalue weighted by Crippen LogP contribution is -2.36. The van der Waals surface area contributed by atoms with Crippen molar-refractivity contribution in [1.29, 1.82) is 5.26 Å². The Hall–Kier alpha value is -3.96. The van der Waals surface area contributed by atoms with Crippen molar-refractivity contribution >= 4 is 28.9 Å². The number of nitrogens with one attached hydrogen (secondary N) is 2. The van der Waals surface area contributed by atoms with Crippen LogP contribution in [-0.2, 0) is 9.53 Å². The van der Waals surface area contributed by atoms with Gasteiger partial charge in [-0.15, -0.1) is 0 Å². The summed E-state index contributed by atoms with van der Waals surface area (Å²) in [6.45, 7) is 3.29. The summed E-state index contributed by atoms with van der Waals surface area (Å²) in [6, 6.07) is 17.5. The maximum atomic E-state index is 12.3. The van der Waals surface area contributed by atoms with Gasteiger partial charge in [0, 0.05) is 42.1 Å². The first-order chi connectivity index (χ1) is 16.7. The number of carbonyl (C=O) groups excluding carboxylic acids is 1. The van der Waals surface area contributed by atoms with Crippen molar-refractivity contribution in [1.82, 2.24) is 9.97 Å². The number of morpholine rings is 1. The Labute approximate surface area is 198 Å². The number of anilines is 4. The van der Waals surface area contributed by atoms with Crippen molar-refractivity contribution in [3.63, 3.8) is 0 Å². The minimum atomic E-state index is -0.0105. The van der Waals surface area contributed by atoms with E-state index in [1.807, 2.05) is 18.2 Å². The Morgan fingerprint density at radius 3 is 2.59 bits per heavy atom. The van der Waals surface area contributed by atoms with Crippen molar-refractivity contribution in [3.05, 3.63) is 60.3 Å². The van der Waals surface area contributed by atoms with Gasteiger partial charge >= 0.3 is 0 Å². The van der Waals surface area contributed by atoms with E-state index in [9.17, 15) is 10.1 Å². The van der Waals surface area contributed by atoms with Crippen LogP contribution in [0.4, 0.5) is 23.0 Å². The molecule has 8 nitrogen and oxygen atoms in total. The van der Waals surface area contributed by atoms with Gasteiger partial charge in [0.15, 0.2) is 0 Å². The number of ether oxygens (including phenoxy) is 1. The fraction of sp³-hybridized carbons (Fsp3) is 0.308. The molecule has 1 saturated carbocycles. The highest BCUT2D eigenvalue weighted by Gasteiger charge is 2.25. The monoisotopic (exact) mass is 454 g/mol. The molecule has 2 heterocycles. The van der Waals surface area contributed by atoms with Gasteiger partial charge in [0.2, 0.25) is 11.9 Å². The smallest absolute Gasteiger partial charge is 0.227 e. The average molecular weight is 455 g/mol. The molecule has 1 amide bonds. The highest BCUT2D eigenvalue weighted by molar-refractivity contribution is 5.94. The zero-order chi connectivity index (χ0) is 23.3. The summed E-state index contributed by atoms with van der Waals surface area (Å²) in [5, 5.41) is 15.8. The molecular weight excluding hydrogens is 428 g/mol. The maximum absolute atomic E-state index is 12.3. The molecule has 2 N–H and O–H groups in total. The number of aromatic nitrogens is 2. The van der Waals surface area contributed by atoms with Crippen molar-refractivity contribution < 1.29 is 9.53 Å². The van der Waals surface area contributed by atoms with Crippen LogP contribution in [0.25, 0.3) is 11.3 Å². The first-order valence-corrected chi connectivity index (χ1v) is 11.6. The fourth-order valence-electron chi connectivity index (χ4n) is 4.10. The molecule has 2 aliphatic rings. The van der Waals surface area contributed by atoms with Crippen LogP contribution >= 0.6 is 0 Å². The summed E-state index contributed by atoms with van der Waals surface area (Å²) in [7, 11) is 0. The largest absolute Gasteiger partial charge is 0.378 e. The second-order valence-corrected chi connectivity index (χ2v) is 8.53. The second-order valence-electron chi connectivity index (χ2n) is 8.53. The molecule has 1 saturated heterocycles. The van der Waals surface area contributed by atoms with Crippen LogP contribution in [0, 0.1) is 17.2 Å². The summed E-state index contributed by atoms with van der Waals surface area (Å²) in [5.41, 5.74) is 4.48. The SMILES string of the molecule is N#Cc1cc(-c2ccnc(Nc3ccc(N4CCOCC4)cc3)n2)ccc1NC(=O)C1CCC1. The van der Waals surface area contributed by atoms with E-state index in [1.165, 1.54) is 0 Å². The molecule has 2 aromatic carbocycles. The molecular formula is C26H26N6O2. The number of hydrogen-bond donors (Lipinski definition) is 2. The van der Waals surface area contributed by atoms with Crippen molar-refractivity contribution in [2.45, 2.75) is 19.3 Å². The first kappa shape index (κ1) is 21.9. The lowest BCUT2D eigenvalue weighted by molar-refractivity contribution is -0.122. The molecule has 172 valence electrons. The van der Waals surface area contributed by atoms with E-state index in [0.29, 0.717) is 22.9 Å². The molecule has 0 unspecified atom stereocenters. The van der Waals surface area contributed by atoms with Crippen molar-refractivity contribution in [3.8, 4) is 17.3 Å². The zero-order valence-corrected chi connectivity index (χ0v) is 18.8. The normalized spacial score (nSPS) is 15.8. The van der Waals surface area contributed by atoms with Crippen molar-refractivity contribution in [2.75, 3.05) is 41.8 Å². The van der Waals surface area contributed by atoms with E-state index in [2.05, 4.69) is 43.7 Å². The van der Waals surface area contributed by atoms with Gasteiger partial charge in [0.25, 0.3) is 0 Å². The average Bonchev–Trinajstić information content (AvgIpc) is 2.84. The lowest BCUT2D eigenvalue weighted by Gasteiger charge is -2.28. The standard InChI is InChI=1S/C26H26N6O2/c27-17-20-16-19(4-9-23(20)30-25(33)18-2-1-3-18)24-10-11-28-26(31-24)29-21-5-7-22(8-6-21)32-12-14-34-15-13-32/h4-11,16,18H,1-3,12-15H2,(H,30,33)(H,28,29,31). The van der Waals surface area contributed by atoms with Gasteiger partial charge in [-0.3, -0.25) is 4.79 Å². The zero-order valence-electron chi connectivity index (χ0n) is 18.8. The molecule has 1 aliphatic carbocycles. The Morgan fingerprint density at radius 2 is 1.88 bits per heavy atom. The highest BCUT2D eigenvalue weighted by Crippen LogP contribution is 2.30. The van der Waals surface area contributed by atoms with Crippen LogP contribution in [0.15, 0.2) is 54.7 Å². The highest BCUT2D eigenvalue weighted by atomic mass is 16.5. The molecule has 1 aromatic heterocycles. The predicted molar refractivity (Wildman–Crippen MR) is 131 cm³/mol. The minimum Gasteiger partial charge on any atom is -0.378 e. The topological polar surface area (TPSA) is 103 Å². The Bertz CT molecular complexity index is 1210. The third-order valence-electron chi connectivity index (χ3n) is 6.32. The van der Waals surface area contributed by atoms with Gasteiger partial charge in [-0.25, -0.2) is 9.97 Å². The number of nitriles is 1. The van der Waals surface area contributed by atoms with Gasteiger partial charge in [0.1, 0.15) is 6.07 Å². The number of benzene rings is 2. The van der Waals surface area contributed by atoms with E-state index in [0.717, 1.165) is 62.5 Å². The summed E-state index contributed by atoms with van der Waals surface area (Å²) in [5.74, 6) is 0.519. The van der Waals surface area contributed by atoms with Crippen LogP contribution in [0.3, 0.4) is 0 Å². The molecule has 0 radical (unpaired) electrons. The van der Waals surface area contributed by atoms with Crippen LogP contribution in [0.5, 0.6) is 0 Å². The maximum Gasteiger partial charge on any atom is 0.227 e. The second kappa shape index (κ2) is 9.89. The Kier molecular flexibility index (Phi) is 6.36. The van der Waals surface area contributed by atoms with E-state index in [-0.39, 0.29) is 11.8 Å². The number of rotatable bonds is 6. The summed E-state index contributed by atoms with van der Waals surface area (Å²) < 4.78 is 5.42. The quantitative estimate of drug-likeness (QED) is 0.571. The summed E-state index contributed by atoms with van der Waals surface area (Å²) >= 11 is 0. The third-order valence-corrected chi connectivity index (χ3v) is 6.32. The lowest BCUT2D eigenvalue weighted by atomic mass is 9.85. The van der Waals surface area contributed by atoms with Gasteiger partial charge in [-0.2, -0.15) is 5.26 Å². The molecule has 0 atom stereocenters. The molecule has 1 aliphatic heterocycles. The van der Waals surface area contributed by atoms with Crippen LogP contribution in [-0.4, -0.2) is 42.2 Å². The van der Waals surface area contributed by atoms with Crippen LogP contribution in [0.2, 0.25) is 0 Å². The van der Waals surface area contributed by atoms with Gasteiger partial charge in [0.05, 0.1) is 30.2 Å². The van der Waals surface area contributed by atoms with E-state index in [1.54, 1.807) is 24.4 Å². The number of nitrogens with zero attached hydrogens (tertiary/aromatic N) is 4. The number of amides is 1. The van der Waals surface area contributed by atoms with E-state index in [4.69, 9.17) is 4.74 Å². The van der Waals surface area contributed by atoms with Gasteiger partial charge < -0.3 is 20.3 Å². The molecule has 8 heteroatoms. The van der Waals surface area contributed by atoms with E-state index < -0.39 is 0 Å². The fourth-order valence-corrected chi connectivity index (χ4v) is 4.10. The molecule has 34 heavy (non-hydrogen) atoms. The van der Waals surface area contributed by atoms with Crippen LogP contribution < -0.4 is 15.5 Å². The Balaban J connectivity index is 1.29. The summed E-state index contributed by atoms with van der Waals surface area (Å²) in [4.78, 5) is 23.5. The summed E-state index contributed by atoms with van der Waals surface area (Å²) in [6.07, 6.45) is 4.60. The predicted octanol–water partition coefficient (Wildman–Crippen LogP) is 4.33. The number of hydrogen-bond acceptors (Lipinski definition) is 7. The minimum absolute atomic E-state index is 0.0105. The Morgan fingerprint density at radius 1 is 1.09 bits per heavy atom. The van der Waals surface area contributed by atoms with Gasteiger partial charge in [-0.1, -0.05) is 12.5 Å². The molecule has 5 rings (SSSR count). The molecule has 2 fully saturated rings. The van der Waals surface area contributed by atoms with Gasteiger partial charge in [-0.05, 0) is 55.3 Å². The third kappa shape index (κ3) is 4.85. The molecule has 3 aromatic rings. The first-order valence-electron chi connectivity index (χ1n) is 11.6. The van der Waals surface area contributed by atoms with E-state index >= 15 is 0 Å². The van der Waals surface area contributed by atoms with Crippen molar-refractivity contribution in [2.24, 2.45) is 5.92 Å². The number of carbonyl (C=O) groups is 1. The molecule has 0 bridgehead atoms. The van der Waals surface area contributed by atoms with Crippen LogP contribution in [0.1, 0.15) is 24.8 Å². The molecule has 0 spiro atoms.